The number of nitrogens with two attached hydrogens (primary N) is 1. The summed E-state index contributed by atoms with van der Waals surface area (Å²) in [5.41, 5.74) is 6.54. The molecule has 1 heterocycles. The normalized spacial score (nSPS) is 25.1. The number of benzene rings is 1. The monoisotopic (exact) mass is 251 g/mol. The number of hydrogen-bond donors (Lipinski definition) is 3. The van der Waals surface area contributed by atoms with E-state index in [4.69, 9.17) is 15.6 Å². The Bertz CT molecular complexity index is 484. The lowest BCUT2D eigenvalue weighted by Gasteiger charge is -2.40. The quantitative estimate of drug-likeness (QED) is 0.724. The lowest BCUT2D eigenvalue weighted by Crippen LogP contribution is -2.51. The summed E-state index contributed by atoms with van der Waals surface area (Å²) in [7, 11) is 0. The molecule has 2 atom stereocenters. The first-order valence-electron chi connectivity index (χ1n) is 5.78. The van der Waals surface area contributed by atoms with E-state index in [9.17, 15) is 9.90 Å². The predicted molar refractivity (Wildman–Crippen MR) is 65.4 cm³/mol. The molecule has 1 aromatic carbocycles. The molecule has 1 aromatic rings. The van der Waals surface area contributed by atoms with E-state index in [-0.39, 0.29) is 6.42 Å². The summed E-state index contributed by atoms with van der Waals surface area (Å²) in [6.45, 7) is 3.54. The van der Waals surface area contributed by atoms with Gasteiger partial charge in [-0.1, -0.05) is 6.07 Å². The number of carboxylic acids is 1. The zero-order chi connectivity index (χ0) is 13.5. The summed E-state index contributed by atoms with van der Waals surface area (Å²) in [6.07, 6.45) is -0.899. The van der Waals surface area contributed by atoms with Crippen LogP contribution in [0.1, 0.15) is 31.0 Å². The Morgan fingerprint density at radius 3 is 2.78 bits per heavy atom. The summed E-state index contributed by atoms with van der Waals surface area (Å²) in [5, 5.41) is 18.8. The van der Waals surface area contributed by atoms with Crippen molar-refractivity contribution in [1.29, 1.82) is 0 Å². The molecule has 98 valence electrons. The number of hydrogen-bond acceptors (Lipinski definition) is 4. The maximum atomic E-state index is 10.7. The second kappa shape index (κ2) is 4.26. The Balaban J connectivity index is 2.39. The van der Waals surface area contributed by atoms with Gasteiger partial charge < -0.3 is 20.7 Å². The van der Waals surface area contributed by atoms with Crippen molar-refractivity contribution in [3.8, 4) is 5.75 Å². The van der Waals surface area contributed by atoms with Crippen LogP contribution in [0.2, 0.25) is 0 Å². The first-order valence-corrected chi connectivity index (χ1v) is 5.78. The van der Waals surface area contributed by atoms with E-state index in [1.54, 1.807) is 32.0 Å². The van der Waals surface area contributed by atoms with Crippen LogP contribution in [0, 0.1) is 0 Å². The van der Waals surface area contributed by atoms with Gasteiger partial charge in [-0.3, -0.25) is 4.79 Å². The van der Waals surface area contributed by atoms with Gasteiger partial charge in [-0.25, -0.2) is 0 Å². The number of aliphatic hydroxyl groups is 1. The number of carbonyl (C=O) groups is 1. The first-order chi connectivity index (χ1) is 8.31. The molecule has 5 nitrogen and oxygen atoms in total. The molecule has 0 fully saturated rings. The topological polar surface area (TPSA) is 92.8 Å². The van der Waals surface area contributed by atoms with Crippen LogP contribution in [0.4, 0.5) is 0 Å². The number of fused-ring (bicyclic) bond motifs is 1. The van der Waals surface area contributed by atoms with Crippen LogP contribution in [0.5, 0.6) is 5.75 Å². The molecular formula is C13H17NO4. The molecule has 0 spiro atoms. The van der Waals surface area contributed by atoms with Gasteiger partial charge in [-0.2, -0.15) is 0 Å². The van der Waals surface area contributed by atoms with Crippen molar-refractivity contribution in [2.45, 2.75) is 38.0 Å². The van der Waals surface area contributed by atoms with E-state index in [1.807, 2.05) is 0 Å². The smallest absolute Gasteiger partial charge is 0.307 e. The van der Waals surface area contributed by atoms with E-state index in [0.29, 0.717) is 16.9 Å². The summed E-state index contributed by atoms with van der Waals surface area (Å²) in [4.78, 5) is 10.7. The highest BCUT2D eigenvalue weighted by molar-refractivity contribution is 5.70. The van der Waals surface area contributed by atoms with Crippen molar-refractivity contribution >= 4 is 5.97 Å². The fraction of sp³-hybridized carbons (Fsp3) is 0.462. The van der Waals surface area contributed by atoms with Crippen molar-refractivity contribution in [2.24, 2.45) is 5.73 Å². The van der Waals surface area contributed by atoms with Crippen LogP contribution in [-0.2, 0) is 11.2 Å². The fourth-order valence-electron chi connectivity index (χ4n) is 2.18. The average molecular weight is 251 g/mol. The summed E-state index contributed by atoms with van der Waals surface area (Å²) in [5.74, 6) is -0.298. The van der Waals surface area contributed by atoms with E-state index < -0.39 is 23.7 Å². The molecule has 0 unspecified atom stereocenters. The summed E-state index contributed by atoms with van der Waals surface area (Å²) in [6, 6.07) is 4.53. The van der Waals surface area contributed by atoms with Gasteiger partial charge in [0.15, 0.2) is 0 Å². The lowest BCUT2D eigenvalue weighted by atomic mass is 9.86. The third-order valence-electron chi connectivity index (χ3n) is 3.21. The molecule has 0 aliphatic carbocycles. The van der Waals surface area contributed by atoms with Gasteiger partial charge in [0.2, 0.25) is 0 Å². The van der Waals surface area contributed by atoms with Crippen LogP contribution >= 0.6 is 0 Å². The molecule has 4 N–H and O–H groups in total. The highest BCUT2D eigenvalue weighted by atomic mass is 16.5. The van der Waals surface area contributed by atoms with Gasteiger partial charge >= 0.3 is 5.97 Å². The van der Waals surface area contributed by atoms with Gasteiger partial charge in [0.1, 0.15) is 17.5 Å². The number of rotatable bonds is 2. The number of aliphatic carboxylic acids is 1. The van der Waals surface area contributed by atoms with Crippen molar-refractivity contribution in [3.05, 3.63) is 29.3 Å². The third-order valence-corrected chi connectivity index (χ3v) is 3.21. The van der Waals surface area contributed by atoms with Crippen LogP contribution < -0.4 is 10.5 Å². The summed E-state index contributed by atoms with van der Waals surface area (Å²) >= 11 is 0. The molecule has 1 aliphatic heterocycles. The minimum absolute atomic E-state index is 0.0700. The Morgan fingerprint density at radius 1 is 1.50 bits per heavy atom. The second-order valence-corrected chi connectivity index (χ2v) is 5.12. The van der Waals surface area contributed by atoms with Gasteiger partial charge in [0, 0.05) is 5.56 Å². The molecular weight excluding hydrogens is 234 g/mol. The molecule has 0 saturated heterocycles. The van der Waals surface area contributed by atoms with Crippen LogP contribution in [0.25, 0.3) is 0 Å². The highest BCUT2D eigenvalue weighted by Gasteiger charge is 2.41. The van der Waals surface area contributed by atoms with Gasteiger partial charge in [0.25, 0.3) is 0 Å². The standard InChI is InChI=1S/C13H17NO4/c1-13(2)12(17)11(14)8-5-7(6-10(15)16)3-4-9(8)18-13/h3-5,11-12,17H,6,14H2,1-2H3,(H,15,16)/t11-,12+/m1/s1. The van der Waals surface area contributed by atoms with Crippen molar-refractivity contribution in [1.82, 2.24) is 0 Å². The van der Waals surface area contributed by atoms with Crippen LogP contribution in [-0.4, -0.2) is 27.9 Å². The minimum atomic E-state index is -0.902. The predicted octanol–water partition coefficient (Wildman–Crippen LogP) is 0.845. The second-order valence-electron chi connectivity index (χ2n) is 5.12. The molecule has 0 aromatic heterocycles. The number of ether oxygens (including phenoxy) is 1. The number of carboxylic acid groups (broad SMARTS) is 1. The SMILES string of the molecule is CC1(C)Oc2ccc(CC(=O)O)cc2[C@@H](N)[C@@H]1O. The molecule has 0 bridgehead atoms. The third kappa shape index (κ3) is 2.19. The van der Waals surface area contributed by atoms with Gasteiger partial charge in [0.05, 0.1) is 12.5 Å². The zero-order valence-electron chi connectivity index (χ0n) is 10.4. The van der Waals surface area contributed by atoms with E-state index in [1.165, 1.54) is 0 Å². The molecule has 5 heteroatoms. The van der Waals surface area contributed by atoms with E-state index in [2.05, 4.69) is 0 Å². The largest absolute Gasteiger partial charge is 0.485 e. The van der Waals surface area contributed by atoms with Gasteiger partial charge in [-0.05, 0) is 31.5 Å². The maximum absolute atomic E-state index is 10.7. The van der Waals surface area contributed by atoms with Crippen molar-refractivity contribution < 1.29 is 19.7 Å². The van der Waals surface area contributed by atoms with E-state index >= 15 is 0 Å². The lowest BCUT2D eigenvalue weighted by molar-refractivity contribution is -0.136. The molecule has 1 aliphatic rings. The Morgan fingerprint density at radius 2 is 2.17 bits per heavy atom. The Hall–Kier alpha value is -1.59. The van der Waals surface area contributed by atoms with Crippen molar-refractivity contribution in [2.75, 3.05) is 0 Å². The zero-order valence-corrected chi connectivity index (χ0v) is 10.4. The first kappa shape index (κ1) is 12.9. The van der Waals surface area contributed by atoms with Crippen molar-refractivity contribution in [3.63, 3.8) is 0 Å². The maximum Gasteiger partial charge on any atom is 0.307 e. The summed E-state index contributed by atoms with van der Waals surface area (Å²) < 4.78 is 5.68. The Kier molecular flexibility index (Phi) is 3.04. The van der Waals surface area contributed by atoms with E-state index in [0.717, 1.165) is 0 Å². The molecule has 0 amide bonds. The molecule has 0 radical (unpaired) electrons. The highest BCUT2D eigenvalue weighted by Crippen LogP contribution is 2.38. The minimum Gasteiger partial charge on any atom is -0.485 e. The number of aliphatic hydroxyl groups excluding tert-OH is 1. The Labute approximate surface area is 105 Å². The molecule has 2 rings (SSSR count). The fourth-order valence-corrected chi connectivity index (χ4v) is 2.18. The molecule has 0 saturated carbocycles. The van der Waals surface area contributed by atoms with Crippen LogP contribution in [0.3, 0.4) is 0 Å². The van der Waals surface area contributed by atoms with Crippen LogP contribution in [0.15, 0.2) is 18.2 Å². The average Bonchev–Trinajstić information content (AvgIpc) is 2.26. The molecule has 18 heavy (non-hydrogen) atoms. The van der Waals surface area contributed by atoms with Gasteiger partial charge in [-0.15, -0.1) is 0 Å².